The molecule has 0 amide bonds. The van der Waals surface area contributed by atoms with Crippen LogP contribution in [0.15, 0.2) is 362 Å². The van der Waals surface area contributed by atoms with Gasteiger partial charge in [-0.05, 0) is 186 Å². The van der Waals surface area contributed by atoms with Gasteiger partial charge in [0.15, 0.2) is 0 Å². The van der Waals surface area contributed by atoms with E-state index in [4.69, 9.17) is 5.79 Å². The van der Waals surface area contributed by atoms with E-state index < -0.39 is 24.8 Å². The van der Waals surface area contributed by atoms with Crippen LogP contribution >= 0.6 is 0 Å². The fourth-order valence-electron chi connectivity index (χ4n) is 17.9. The van der Waals surface area contributed by atoms with E-state index >= 15 is 0 Å². The molecule has 5 heterocycles. The number of furan rings is 1. The molecule has 522 valence electrons. The maximum atomic E-state index is 9.79. The van der Waals surface area contributed by atoms with Gasteiger partial charge in [0.2, 0.25) is 0 Å². The third-order valence-electron chi connectivity index (χ3n) is 23.0. The summed E-state index contributed by atoms with van der Waals surface area (Å²) in [6, 6.07) is 118. The van der Waals surface area contributed by atoms with Crippen LogP contribution < -0.4 is 26.2 Å². The van der Waals surface area contributed by atoms with Crippen LogP contribution in [0.2, 0.25) is 0 Å². The van der Waals surface area contributed by atoms with Crippen molar-refractivity contribution < 1.29 is 11.3 Å². The highest BCUT2D eigenvalue weighted by molar-refractivity contribution is 7.00. The predicted octanol–water partition coefficient (Wildman–Crippen LogP) is 26.5. The third-order valence-corrected chi connectivity index (χ3v) is 23.0. The molecule has 0 spiro atoms. The van der Waals surface area contributed by atoms with Crippen molar-refractivity contribution in [1.29, 1.82) is 0 Å². The number of hydrogen-bond donors (Lipinski definition) is 0. The summed E-state index contributed by atoms with van der Waals surface area (Å²) in [5.41, 5.74) is 29.1. The van der Waals surface area contributed by atoms with Crippen molar-refractivity contribution in [2.24, 2.45) is 0 Å². The van der Waals surface area contributed by atoms with Crippen molar-refractivity contribution in [1.82, 2.24) is 9.13 Å². The van der Waals surface area contributed by atoms with E-state index in [0.717, 1.165) is 183 Å². The van der Waals surface area contributed by atoms with Crippen molar-refractivity contribution in [3.8, 4) is 78.1 Å². The Morgan fingerprint density at radius 1 is 0.300 bits per heavy atom. The molecule has 0 aliphatic carbocycles. The van der Waals surface area contributed by atoms with Crippen molar-refractivity contribution in [3.05, 3.63) is 369 Å². The van der Waals surface area contributed by atoms with Gasteiger partial charge in [-0.1, -0.05) is 296 Å². The second-order valence-corrected chi connectivity index (χ2v) is 31.5. The van der Waals surface area contributed by atoms with Crippen molar-refractivity contribution >= 4 is 123 Å². The maximum Gasteiger partial charge on any atom is 0.252 e. The van der Waals surface area contributed by atoms with E-state index in [-0.39, 0.29) is 28.5 Å². The summed E-state index contributed by atoms with van der Waals surface area (Å²) in [6.45, 7) is 13.2. The Balaban J connectivity index is 0.991. The number of fused-ring (bicyclic) bond motifs is 14. The molecule has 16 aromatic carbocycles. The lowest BCUT2D eigenvalue weighted by Gasteiger charge is -2.46. The maximum absolute atomic E-state index is 9.79. The number of nitrogens with zero attached hydrogens (tertiary/aromatic N) is 4. The first kappa shape index (κ1) is 59.7. The summed E-state index contributed by atoms with van der Waals surface area (Å²) in [5, 5.41) is 6.49. The van der Waals surface area contributed by atoms with Gasteiger partial charge in [-0.15, -0.1) is 0 Å². The fourth-order valence-corrected chi connectivity index (χ4v) is 17.9. The first-order valence-electron chi connectivity index (χ1n) is 40.6. The molecule has 0 saturated heterocycles. The van der Waals surface area contributed by atoms with Gasteiger partial charge in [0.25, 0.3) is 6.71 Å². The van der Waals surface area contributed by atoms with E-state index in [1.165, 1.54) is 11.1 Å². The number of rotatable bonds is 10. The van der Waals surface area contributed by atoms with Crippen molar-refractivity contribution in [2.75, 3.05) is 9.80 Å². The summed E-state index contributed by atoms with van der Waals surface area (Å²) < 4.78 is 58.7. The molecule has 0 fully saturated rings. The van der Waals surface area contributed by atoms with Gasteiger partial charge >= 0.3 is 0 Å². The van der Waals surface area contributed by atoms with Crippen LogP contribution in [0.3, 0.4) is 0 Å². The molecule has 2 aliphatic heterocycles. The Labute approximate surface area is 648 Å². The van der Waals surface area contributed by atoms with Crippen LogP contribution in [-0.4, -0.2) is 15.8 Å². The Bertz CT molecular complexity index is 7090. The van der Waals surface area contributed by atoms with Gasteiger partial charge in [-0.2, -0.15) is 0 Å². The summed E-state index contributed by atoms with van der Waals surface area (Å²) >= 11 is 0. The molecule has 19 aromatic rings. The van der Waals surface area contributed by atoms with E-state index in [1.54, 1.807) is 0 Å². The highest BCUT2D eigenvalue weighted by Crippen LogP contribution is 2.57. The van der Waals surface area contributed by atoms with Crippen LogP contribution in [0.4, 0.5) is 34.1 Å². The number of aromatic nitrogens is 2. The molecule has 6 heteroatoms. The normalized spacial score (nSPS) is 13.4. The number of hydrogen-bond acceptors (Lipinski definition) is 3. The van der Waals surface area contributed by atoms with Gasteiger partial charge in [-0.25, -0.2) is 0 Å². The van der Waals surface area contributed by atoms with Gasteiger partial charge in [0.05, 0.1) is 45.7 Å². The van der Waals surface area contributed by atoms with Gasteiger partial charge < -0.3 is 23.4 Å². The first-order valence-corrected chi connectivity index (χ1v) is 38.1. The molecule has 2 aliphatic rings. The summed E-state index contributed by atoms with van der Waals surface area (Å²) in [5.74, 6) is 0. The van der Waals surface area contributed by atoms with Gasteiger partial charge in [0, 0.05) is 83.3 Å². The highest BCUT2D eigenvalue weighted by Gasteiger charge is 2.46. The standard InChI is InChI=1S/C104H77BN4O/c1-103(2,3)73-61-82(67-34-15-8-16-35-67)100(83(62-73)68-36-17-9-18-37-68)108-90-56-52-71(66-32-13-7-14-33-66)58-87(90)105-86-55-53-76(107-88-48-28-25-44-78(88)79-54-57-96-98(102(79)107)81-46-27-30-51-95(81)110-96)65-92(86)109(101-84(69-38-19-10-20-39-69)63-74(104(4,5)6)64-85(101)70-40-21-11-22-41-70)94-60-72(59-93(108)99(94)105)77-47-31-50-91-97(77)80-45-26-29-49-89(80)106(91)75-42-23-12-24-43-75/h7-65H,1-6H3/i7D,13D,14D,32D,33D. The summed E-state index contributed by atoms with van der Waals surface area (Å²) in [4.78, 5) is 5.17. The lowest BCUT2D eigenvalue weighted by molar-refractivity contribution is 0.590. The van der Waals surface area contributed by atoms with E-state index in [0.29, 0.717) is 5.56 Å². The monoisotopic (exact) mass is 1410 g/mol. The Hall–Kier alpha value is -13.4. The Morgan fingerprint density at radius 3 is 1.37 bits per heavy atom. The smallest absolute Gasteiger partial charge is 0.252 e. The minimum absolute atomic E-state index is 0.130. The van der Waals surface area contributed by atoms with E-state index in [9.17, 15) is 5.48 Å². The van der Waals surface area contributed by atoms with Crippen LogP contribution in [-0.2, 0) is 10.8 Å². The molecule has 0 saturated carbocycles. The fraction of sp³-hybridized carbons (Fsp3) is 0.0769. The van der Waals surface area contributed by atoms with Gasteiger partial charge in [0.1, 0.15) is 11.2 Å². The molecular weight excluding hydrogens is 1330 g/mol. The number of benzene rings is 16. The molecule has 5 nitrogen and oxygen atoms in total. The Morgan fingerprint density at radius 2 is 0.800 bits per heavy atom. The van der Waals surface area contributed by atoms with Crippen LogP contribution in [0.5, 0.6) is 0 Å². The van der Waals surface area contributed by atoms with Crippen LogP contribution in [0.1, 0.15) is 59.5 Å². The molecule has 0 unspecified atom stereocenters. The molecule has 21 rings (SSSR count). The quantitative estimate of drug-likeness (QED) is 0.128. The van der Waals surface area contributed by atoms with Crippen molar-refractivity contribution in [2.45, 2.75) is 52.4 Å². The molecule has 3 aromatic heterocycles. The third kappa shape index (κ3) is 10.2. The second-order valence-electron chi connectivity index (χ2n) is 31.5. The zero-order valence-electron chi connectivity index (χ0n) is 67.0. The zero-order chi connectivity index (χ0) is 78.0. The summed E-state index contributed by atoms with van der Waals surface area (Å²) in [7, 11) is 0. The zero-order valence-corrected chi connectivity index (χ0v) is 62.0. The van der Waals surface area contributed by atoms with Crippen molar-refractivity contribution in [3.63, 3.8) is 0 Å². The lowest BCUT2D eigenvalue weighted by atomic mass is 9.33. The number of anilines is 6. The molecule has 0 atom stereocenters. The predicted molar refractivity (Wildman–Crippen MR) is 466 cm³/mol. The van der Waals surface area contributed by atoms with E-state index in [1.807, 2.05) is 12.1 Å². The highest BCUT2D eigenvalue weighted by atomic mass is 16.3. The van der Waals surface area contributed by atoms with Crippen LogP contribution in [0, 0.1) is 0 Å². The van der Waals surface area contributed by atoms with E-state index in [2.05, 4.69) is 376 Å². The van der Waals surface area contributed by atoms with Gasteiger partial charge in [-0.3, -0.25) is 0 Å². The second kappa shape index (κ2) is 25.1. The Kier molecular flexibility index (Phi) is 13.6. The molecule has 0 radical (unpaired) electrons. The topological polar surface area (TPSA) is 29.5 Å². The molecule has 0 N–H and O–H groups in total. The largest absolute Gasteiger partial charge is 0.456 e. The minimum Gasteiger partial charge on any atom is -0.456 e. The number of para-hydroxylation sites is 4. The molecule has 0 bridgehead atoms. The molecule has 110 heavy (non-hydrogen) atoms. The average molecular weight is 1410 g/mol. The van der Waals surface area contributed by atoms with Crippen LogP contribution in [0.25, 0.3) is 144 Å². The SMILES string of the molecule is [2H]c1c([2H])c([2H])c(-c2ccc3c(c2)B2c4ccc(-n5c6ccccc6c6ccc7oc8ccccc8c7c65)cc4N(c4c(-c5ccccc5)cc(C(C)(C)C)cc4-c4ccccc4)c4cc(-c5cccc6c5c5ccccc5n6-c5ccccc5)cc(c42)N3c2c(-c3ccccc3)cc(C(C)(C)C)cc2-c2ccccc2)c([2H])c1[2H]. The summed E-state index contributed by atoms with van der Waals surface area (Å²) in [6.07, 6.45) is 0. The minimum atomic E-state index is -0.586. The average Bonchev–Trinajstić information content (AvgIpc) is 0.919. The molecular formula is C104H77BN4O. The first-order chi connectivity index (χ1) is 55.9. The lowest BCUT2D eigenvalue weighted by Crippen LogP contribution is -2.61.